The molecule has 0 unspecified atom stereocenters. The number of aromatic nitrogens is 2. The maximum Gasteiger partial charge on any atom is 0.325 e. The number of carbonyl (C=O) groups excluding carboxylic acids is 2. The smallest absolute Gasteiger partial charge is 0.325 e. The van der Waals surface area contributed by atoms with Crippen molar-refractivity contribution in [3.8, 4) is 11.5 Å². The molecule has 194 valence electrons. The van der Waals surface area contributed by atoms with Crippen LogP contribution in [0.5, 0.6) is 11.5 Å². The standard InChI is InChI=1S/C27H37N5O4/c1-5-27(20-11-13-30(14-12-20)16-22-18(3)29-32(6-2)19(22)4)25(33)31(26(34)28-27)15-21-17-35-23-9-7-8-10-24(23)36-21/h7-10,20-21H,5-6,11-17H2,1-4H3,(H,28,34)/t21-,27-/m0/s1. The molecule has 9 heteroatoms. The Morgan fingerprint density at radius 1 is 1.11 bits per heavy atom. The summed E-state index contributed by atoms with van der Waals surface area (Å²) in [7, 11) is 0. The Morgan fingerprint density at radius 3 is 2.50 bits per heavy atom. The number of rotatable bonds is 7. The van der Waals surface area contributed by atoms with E-state index in [0.717, 1.165) is 44.7 Å². The average Bonchev–Trinajstić information content (AvgIpc) is 3.31. The molecule has 2 aromatic rings. The topological polar surface area (TPSA) is 88.9 Å². The minimum Gasteiger partial charge on any atom is -0.486 e. The fraction of sp³-hybridized carbons (Fsp3) is 0.593. The summed E-state index contributed by atoms with van der Waals surface area (Å²) in [6.45, 7) is 12.3. The molecule has 3 aliphatic rings. The highest BCUT2D eigenvalue weighted by Gasteiger charge is 2.55. The van der Waals surface area contributed by atoms with Gasteiger partial charge in [0.1, 0.15) is 12.1 Å². The summed E-state index contributed by atoms with van der Waals surface area (Å²) < 4.78 is 13.9. The van der Waals surface area contributed by atoms with E-state index in [9.17, 15) is 9.59 Å². The van der Waals surface area contributed by atoms with Crippen LogP contribution in [0.1, 0.15) is 50.1 Å². The van der Waals surface area contributed by atoms with E-state index in [1.165, 1.54) is 16.2 Å². The first-order valence-corrected chi connectivity index (χ1v) is 13.1. The van der Waals surface area contributed by atoms with Crippen molar-refractivity contribution in [2.45, 2.75) is 71.7 Å². The number of hydrogen-bond acceptors (Lipinski definition) is 6. The number of imide groups is 1. The predicted molar refractivity (Wildman–Crippen MR) is 135 cm³/mol. The maximum absolute atomic E-state index is 13.7. The number of fused-ring (bicyclic) bond motifs is 1. The van der Waals surface area contributed by atoms with Gasteiger partial charge in [0.15, 0.2) is 17.6 Å². The van der Waals surface area contributed by atoms with E-state index in [-0.39, 0.29) is 30.5 Å². The molecule has 2 fully saturated rings. The van der Waals surface area contributed by atoms with Crippen LogP contribution in [0.2, 0.25) is 0 Å². The van der Waals surface area contributed by atoms with E-state index in [4.69, 9.17) is 9.47 Å². The maximum atomic E-state index is 13.7. The third-order valence-electron chi connectivity index (χ3n) is 8.21. The van der Waals surface area contributed by atoms with Crippen molar-refractivity contribution in [3.05, 3.63) is 41.2 Å². The third-order valence-corrected chi connectivity index (χ3v) is 8.21. The Labute approximate surface area is 212 Å². The van der Waals surface area contributed by atoms with Gasteiger partial charge in [-0.25, -0.2) is 4.79 Å². The quantitative estimate of drug-likeness (QED) is 0.593. The number of aryl methyl sites for hydroxylation is 2. The van der Waals surface area contributed by atoms with Crippen molar-refractivity contribution in [2.24, 2.45) is 5.92 Å². The molecule has 0 saturated carbocycles. The van der Waals surface area contributed by atoms with Gasteiger partial charge in [-0.2, -0.15) is 5.10 Å². The Balaban J connectivity index is 1.23. The summed E-state index contributed by atoms with van der Waals surface area (Å²) in [5, 5.41) is 7.75. The molecule has 1 N–H and O–H groups in total. The van der Waals surface area contributed by atoms with E-state index >= 15 is 0 Å². The van der Waals surface area contributed by atoms with Crippen LogP contribution in [0.15, 0.2) is 24.3 Å². The van der Waals surface area contributed by atoms with Gasteiger partial charge in [0, 0.05) is 24.3 Å². The number of nitrogens with one attached hydrogen (secondary N) is 1. The second-order valence-corrected chi connectivity index (χ2v) is 10.2. The third kappa shape index (κ3) is 4.23. The van der Waals surface area contributed by atoms with E-state index in [0.29, 0.717) is 24.5 Å². The number of para-hydroxylation sites is 2. The first-order valence-electron chi connectivity index (χ1n) is 13.1. The number of nitrogens with zero attached hydrogens (tertiary/aromatic N) is 4. The van der Waals surface area contributed by atoms with Gasteiger partial charge in [-0.15, -0.1) is 0 Å². The highest BCUT2D eigenvalue weighted by Crippen LogP contribution is 2.37. The lowest BCUT2D eigenvalue weighted by atomic mass is 9.75. The second kappa shape index (κ2) is 9.76. The number of piperidine rings is 1. The largest absolute Gasteiger partial charge is 0.486 e. The van der Waals surface area contributed by atoms with Crippen molar-refractivity contribution in [2.75, 3.05) is 26.2 Å². The summed E-state index contributed by atoms with van der Waals surface area (Å²) in [4.78, 5) is 30.5. The van der Waals surface area contributed by atoms with Crippen LogP contribution in [-0.4, -0.2) is 69.4 Å². The molecule has 4 heterocycles. The molecule has 2 atom stereocenters. The zero-order valence-electron chi connectivity index (χ0n) is 21.7. The molecule has 0 aliphatic carbocycles. The number of hydrogen-bond donors (Lipinski definition) is 1. The highest BCUT2D eigenvalue weighted by atomic mass is 16.6. The number of likely N-dealkylation sites (tertiary alicyclic amines) is 1. The van der Waals surface area contributed by atoms with Crippen LogP contribution in [0.3, 0.4) is 0 Å². The second-order valence-electron chi connectivity index (χ2n) is 10.2. The van der Waals surface area contributed by atoms with Crippen molar-refractivity contribution >= 4 is 11.9 Å². The van der Waals surface area contributed by atoms with Crippen molar-refractivity contribution in [3.63, 3.8) is 0 Å². The molecular formula is C27H37N5O4. The molecule has 3 aliphatic heterocycles. The molecule has 9 nitrogen and oxygen atoms in total. The zero-order valence-corrected chi connectivity index (χ0v) is 21.7. The Bertz CT molecular complexity index is 1140. The molecule has 1 aromatic heterocycles. The van der Waals surface area contributed by atoms with Crippen LogP contribution in [0.25, 0.3) is 0 Å². The Kier molecular flexibility index (Phi) is 6.68. The lowest BCUT2D eigenvalue weighted by Crippen LogP contribution is -2.56. The van der Waals surface area contributed by atoms with E-state index in [2.05, 4.69) is 40.8 Å². The molecular weight excluding hydrogens is 458 g/mol. The van der Waals surface area contributed by atoms with Gasteiger partial charge in [-0.1, -0.05) is 19.1 Å². The van der Waals surface area contributed by atoms with Crippen LogP contribution >= 0.6 is 0 Å². The monoisotopic (exact) mass is 495 g/mol. The minimum absolute atomic E-state index is 0.102. The van der Waals surface area contributed by atoms with Crippen molar-refractivity contribution in [1.82, 2.24) is 24.9 Å². The molecule has 5 rings (SSSR count). The molecule has 0 radical (unpaired) electrons. The molecule has 1 aromatic carbocycles. The van der Waals surface area contributed by atoms with Crippen LogP contribution in [0, 0.1) is 19.8 Å². The van der Waals surface area contributed by atoms with E-state index < -0.39 is 5.54 Å². The Hall–Kier alpha value is -3.07. The van der Waals surface area contributed by atoms with Gasteiger partial charge in [0.2, 0.25) is 0 Å². The van der Waals surface area contributed by atoms with Gasteiger partial charge in [0.05, 0.1) is 12.2 Å². The highest BCUT2D eigenvalue weighted by molar-refractivity contribution is 6.07. The van der Waals surface area contributed by atoms with E-state index in [1.54, 1.807) is 0 Å². The number of benzene rings is 1. The van der Waals surface area contributed by atoms with Gasteiger partial charge >= 0.3 is 6.03 Å². The predicted octanol–water partition coefficient (Wildman–Crippen LogP) is 3.27. The fourth-order valence-corrected chi connectivity index (χ4v) is 6.05. The summed E-state index contributed by atoms with van der Waals surface area (Å²) in [6, 6.07) is 7.14. The fourth-order valence-electron chi connectivity index (χ4n) is 6.05. The van der Waals surface area contributed by atoms with Crippen LogP contribution in [-0.2, 0) is 17.9 Å². The number of urea groups is 1. The number of ether oxygens (including phenoxy) is 2. The van der Waals surface area contributed by atoms with Crippen molar-refractivity contribution in [1.29, 1.82) is 0 Å². The molecule has 2 saturated heterocycles. The lowest BCUT2D eigenvalue weighted by Gasteiger charge is -2.40. The molecule has 36 heavy (non-hydrogen) atoms. The average molecular weight is 496 g/mol. The van der Waals surface area contributed by atoms with Gasteiger partial charge in [-0.3, -0.25) is 19.3 Å². The molecule has 0 bridgehead atoms. The van der Waals surface area contributed by atoms with Crippen molar-refractivity contribution < 1.29 is 19.1 Å². The minimum atomic E-state index is -0.852. The lowest BCUT2D eigenvalue weighted by molar-refractivity contribution is -0.135. The molecule has 0 spiro atoms. The van der Waals surface area contributed by atoms with Crippen LogP contribution < -0.4 is 14.8 Å². The first-order chi connectivity index (χ1) is 17.4. The van der Waals surface area contributed by atoms with Gasteiger partial charge < -0.3 is 14.8 Å². The SMILES string of the molecule is CCn1nc(C)c(CN2CCC([C@]3(CC)NC(=O)N(C[C@H]4COc5ccccc5O4)C3=O)CC2)c1C. The number of amides is 3. The summed E-state index contributed by atoms with van der Waals surface area (Å²) in [6.07, 6.45) is 1.92. The normalized spacial score (nSPS) is 24.9. The Morgan fingerprint density at radius 2 is 1.83 bits per heavy atom. The number of carbonyl (C=O) groups is 2. The zero-order chi connectivity index (χ0) is 25.4. The van der Waals surface area contributed by atoms with Gasteiger partial charge in [0.25, 0.3) is 5.91 Å². The first kappa shape index (κ1) is 24.6. The summed E-state index contributed by atoms with van der Waals surface area (Å²) >= 11 is 0. The summed E-state index contributed by atoms with van der Waals surface area (Å²) in [5.74, 6) is 1.30. The van der Waals surface area contributed by atoms with E-state index in [1.807, 2.05) is 31.2 Å². The van der Waals surface area contributed by atoms with Gasteiger partial charge in [-0.05, 0) is 71.2 Å². The van der Waals surface area contributed by atoms with Crippen LogP contribution in [0.4, 0.5) is 4.79 Å². The molecule has 3 amide bonds. The summed E-state index contributed by atoms with van der Waals surface area (Å²) in [5.41, 5.74) is 2.77.